The van der Waals surface area contributed by atoms with Crippen molar-refractivity contribution < 1.29 is 14.1 Å². The summed E-state index contributed by atoms with van der Waals surface area (Å²) < 4.78 is 0.948. The minimum atomic E-state index is -0.249. The number of amides is 1. The SMILES string of the molecule is CON.C[N+]1(Cc2ccccc2)CCN(CC(N)=O)CC1c1ccccc1. The van der Waals surface area contributed by atoms with Gasteiger partial charge >= 0.3 is 0 Å². The van der Waals surface area contributed by atoms with E-state index in [1.807, 2.05) is 0 Å². The van der Waals surface area contributed by atoms with Crippen molar-refractivity contribution in [2.24, 2.45) is 11.6 Å². The summed E-state index contributed by atoms with van der Waals surface area (Å²) in [6.45, 7) is 4.09. The van der Waals surface area contributed by atoms with Crippen molar-refractivity contribution in [1.82, 2.24) is 4.90 Å². The van der Waals surface area contributed by atoms with Gasteiger partial charge in [-0.1, -0.05) is 60.7 Å². The summed E-state index contributed by atoms with van der Waals surface area (Å²) in [6, 6.07) is 21.6. The molecule has 6 nitrogen and oxygen atoms in total. The van der Waals surface area contributed by atoms with Crippen molar-refractivity contribution in [2.45, 2.75) is 12.6 Å². The van der Waals surface area contributed by atoms with E-state index >= 15 is 0 Å². The summed E-state index contributed by atoms with van der Waals surface area (Å²) in [6.07, 6.45) is 0. The number of hydrogen-bond acceptors (Lipinski definition) is 4. The number of primary amides is 1. The molecule has 1 amide bonds. The molecule has 27 heavy (non-hydrogen) atoms. The first-order chi connectivity index (χ1) is 13.0. The number of benzene rings is 2. The van der Waals surface area contributed by atoms with Crippen LogP contribution in [0.15, 0.2) is 60.7 Å². The van der Waals surface area contributed by atoms with Gasteiger partial charge in [-0.25, -0.2) is 5.90 Å². The standard InChI is InChI=1S/C20H25N3O.CH5NO/c1-23(16-17-8-4-2-5-9-17)13-12-22(15-20(21)24)14-19(23)18-10-6-3-7-11-18;1-3-2/h2-11,19H,12-16H2,1H3,(H-,21,24);2H2,1H3/p+1. The summed E-state index contributed by atoms with van der Waals surface area (Å²) in [5.74, 6) is 4.10. The lowest BCUT2D eigenvalue weighted by molar-refractivity contribution is -0.956. The molecule has 1 fully saturated rings. The molecule has 146 valence electrons. The maximum absolute atomic E-state index is 11.3. The number of likely N-dealkylation sites (N-methyl/N-ethyl adjacent to an activating group) is 1. The zero-order chi connectivity index (χ0) is 19.7. The average molecular weight is 372 g/mol. The number of quaternary nitrogens is 1. The Hall–Kier alpha value is -2.25. The third-order valence-corrected chi connectivity index (χ3v) is 5.06. The smallest absolute Gasteiger partial charge is 0.231 e. The quantitative estimate of drug-likeness (QED) is 0.619. The van der Waals surface area contributed by atoms with Crippen LogP contribution in [0.1, 0.15) is 17.2 Å². The van der Waals surface area contributed by atoms with Crippen LogP contribution < -0.4 is 11.6 Å². The molecule has 1 heterocycles. The molecule has 0 saturated carbocycles. The Kier molecular flexibility index (Phi) is 7.94. The molecule has 2 unspecified atom stereocenters. The fourth-order valence-electron chi connectivity index (χ4n) is 3.75. The van der Waals surface area contributed by atoms with Crippen LogP contribution in [-0.2, 0) is 16.2 Å². The fourth-order valence-corrected chi connectivity index (χ4v) is 3.75. The van der Waals surface area contributed by atoms with Gasteiger partial charge in [0.15, 0.2) is 0 Å². The normalized spacial score (nSPS) is 22.6. The van der Waals surface area contributed by atoms with Gasteiger partial charge in [-0.15, -0.1) is 0 Å². The molecule has 0 bridgehead atoms. The molecule has 0 radical (unpaired) electrons. The van der Waals surface area contributed by atoms with Crippen LogP contribution in [0, 0.1) is 0 Å². The first-order valence-corrected chi connectivity index (χ1v) is 9.15. The van der Waals surface area contributed by atoms with Gasteiger partial charge in [0.1, 0.15) is 12.6 Å². The highest BCUT2D eigenvalue weighted by Crippen LogP contribution is 2.33. The van der Waals surface area contributed by atoms with Crippen molar-refractivity contribution in [3.05, 3.63) is 71.8 Å². The summed E-state index contributed by atoms with van der Waals surface area (Å²) in [7, 11) is 3.73. The van der Waals surface area contributed by atoms with E-state index in [0.29, 0.717) is 12.6 Å². The Bertz CT molecular complexity index is 696. The predicted octanol–water partition coefficient (Wildman–Crippen LogP) is 1.68. The number of hydrogen-bond donors (Lipinski definition) is 2. The third-order valence-electron chi connectivity index (χ3n) is 5.06. The molecule has 2 aromatic carbocycles. The molecule has 2 atom stereocenters. The third kappa shape index (κ3) is 6.15. The van der Waals surface area contributed by atoms with E-state index < -0.39 is 0 Å². The topological polar surface area (TPSA) is 81.6 Å². The fraction of sp³-hybridized carbons (Fsp3) is 0.381. The Labute approximate surface area is 161 Å². The number of carbonyl (C=O) groups excluding carboxylic acids is 1. The minimum Gasteiger partial charge on any atom is -0.369 e. The van der Waals surface area contributed by atoms with Crippen molar-refractivity contribution >= 4 is 5.91 Å². The number of carbonyl (C=O) groups is 1. The molecule has 1 saturated heterocycles. The van der Waals surface area contributed by atoms with Gasteiger partial charge in [0.05, 0.1) is 33.8 Å². The van der Waals surface area contributed by atoms with Gasteiger partial charge in [-0.3, -0.25) is 9.69 Å². The second kappa shape index (κ2) is 10.2. The van der Waals surface area contributed by atoms with Gasteiger partial charge in [0.25, 0.3) is 0 Å². The number of piperazine rings is 1. The Morgan fingerprint density at radius 2 is 1.70 bits per heavy atom. The molecule has 1 aliphatic rings. The molecular formula is C21H31N4O2+. The highest BCUT2D eigenvalue weighted by Gasteiger charge is 2.39. The molecule has 6 heteroatoms. The first-order valence-electron chi connectivity index (χ1n) is 9.15. The lowest BCUT2D eigenvalue weighted by Gasteiger charge is -2.48. The van der Waals surface area contributed by atoms with Crippen LogP contribution in [0.25, 0.3) is 0 Å². The van der Waals surface area contributed by atoms with Crippen LogP contribution in [0.3, 0.4) is 0 Å². The molecule has 0 aliphatic carbocycles. The molecular weight excluding hydrogens is 340 g/mol. The lowest BCUT2D eigenvalue weighted by Crippen LogP contribution is -2.59. The van der Waals surface area contributed by atoms with E-state index in [1.54, 1.807) is 0 Å². The van der Waals surface area contributed by atoms with E-state index in [9.17, 15) is 4.79 Å². The maximum Gasteiger partial charge on any atom is 0.231 e. The maximum atomic E-state index is 11.3. The Morgan fingerprint density at radius 3 is 2.26 bits per heavy atom. The largest absolute Gasteiger partial charge is 0.369 e. The molecule has 4 N–H and O–H groups in total. The zero-order valence-corrected chi connectivity index (χ0v) is 16.3. The Balaban J connectivity index is 0.000000817. The summed E-state index contributed by atoms with van der Waals surface area (Å²) in [5, 5.41) is 0. The van der Waals surface area contributed by atoms with Gasteiger partial charge in [0.2, 0.25) is 5.91 Å². The molecule has 1 aliphatic heterocycles. The second-order valence-corrected chi connectivity index (χ2v) is 7.21. The second-order valence-electron chi connectivity index (χ2n) is 7.21. The van der Waals surface area contributed by atoms with Gasteiger partial charge < -0.3 is 15.1 Å². The van der Waals surface area contributed by atoms with Crippen molar-refractivity contribution in [1.29, 1.82) is 0 Å². The Morgan fingerprint density at radius 1 is 1.15 bits per heavy atom. The van der Waals surface area contributed by atoms with Crippen LogP contribution >= 0.6 is 0 Å². The highest BCUT2D eigenvalue weighted by molar-refractivity contribution is 5.75. The number of nitrogens with two attached hydrogens (primary N) is 2. The zero-order valence-electron chi connectivity index (χ0n) is 16.3. The predicted molar refractivity (Wildman–Crippen MR) is 107 cm³/mol. The number of rotatable bonds is 5. The van der Waals surface area contributed by atoms with E-state index in [-0.39, 0.29) is 5.91 Å². The van der Waals surface area contributed by atoms with Crippen molar-refractivity contribution in [3.63, 3.8) is 0 Å². The lowest BCUT2D eigenvalue weighted by atomic mass is 9.98. The molecule has 0 aromatic heterocycles. The van der Waals surface area contributed by atoms with E-state index in [1.165, 1.54) is 18.2 Å². The summed E-state index contributed by atoms with van der Waals surface area (Å²) in [5.41, 5.74) is 8.09. The van der Waals surface area contributed by atoms with Crippen molar-refractivity contribution in [3.8, 4) is 0 Å². The van der Waals surface area contributed by atoms with E-state index in [0.717, 1.165) is 30.7 Å². The monoisotopic (exact) mass is 371 g/mol. The van der Waals surface area contributed by atoms with Crippen LogP contribution in [0.2, 0.25) is 0 Å². The number of nitrogens with zero attached hydrogens (tertiary/aromatic N) is 2. The summed E-state index contributed by atoms with van der Waals surface area (Å²) in [4.78, 5) is 17.3. The summed E-state index contributed by atoms with van der Waals surface area (Å²) >= 11 is 0. The molecule has 0 spiro atoms. The van der Waals surface area contributed by atoms with Crippen LogP contribution in [0.4, 0.5) is 0 Å². The average Bonchev–Trinajstić information content (AvgIpc) is 2.65. The minimum absolute atomic E-state index is 0.249. The highest BCUT2D eigenvalue weighted by atomic mass is 16.6. The molecule has 3 rings (SSSR count). The van der Waals surface area contributed by atoms with E-state index in [2.05, 4.69) is 83.3 Å². The van der Waals surface area contributed by atoms with Gasteiger partial charge in [-0.2, -0.15) is 0 Å². The van der Waals surface area contributed by atoms with Gasteiger partial charge in [-0.05, 0) is 0 Å². The first kappa shape index (κ1) is 21.1. The van der Waals surface area contributed by atoms with Crippen LogP contribution in [-0.4, -0.2) is 55.6 Å². The van der Waals surface area contributed by atoms with Crippen molar-refractivity contribution in [2.75, 3.05) is 40.3 Å². The van der Waals surface area contributed by atoms with Crippen LogP contribution in [0.5, 0.6) is 0 Å². The van der Waals surface area contributed by atoms with Gasteiger partial charge in [0, 0.05) is 17.7 Å². The molecule has 2 aromatic rings. The van der Waals surface area contributed by atoms with E-state index in [4.69, 9.17) is 5.73 Å².